The molecule has 2 aromatic carbocycles. The van der Waals surface area contributed by atoms with E-state index in [1.807, 2.05) is 58.1 Å². The highest BCUT2D eigenvalue weighted by molar-refractivity contribution is 7.80. The van der Waals surface area contributed by atoms with E-state index in [0.717, 1.165) is 22.8 Å². The molecule has 0 radical (unpaired) electrons. The lowest BCUT2D eigenvalue weighted by molar-refractivity contribution is -0.384. The van der Waals surface area contributed by atoms with Crippen molar-refractivity contribution >= 4 is 28.7 Å². The normalized spacial score (nSPS) is 17.7. The van der Waals surface area contributed by atoms with Crippen LogP contribution in [0.2, 0.25) is 0 Å². The Morgan fingerprint density at radius 1 is 0.970 bits per heavy atom. The zero-order chi connectivity index (χ0) is 22.9. The average Bonchev–Trinajstić information content (AvgIpc) is 3.44. The summed E-state index contributed by atoms with van der Waals surface area (Å²) in [5, 5.41) is 24.8. The van der Waals surface area contributed by atoms with Gasteiger partial charge in [-0.05, 0) is 72.9 Å². The second kappa shape index (κ2) is 8.36. The third-order valence-electron chi connectivity index (χ3n) is 5.65. The van der Waals surface area contributed by atoms with Gasteiger partial charge in [-0.15, -0.1) is 0 Å². The lowest BCUT2D eigenvalue weighted by atomic mass is 10.0. The Morgan fingerprint density at radius 3 is 2.36 bits per heavy atom. The van der Waals surface area contributed by atoms with Crippen LogP contribution in [0.5, 0.6) is 5.75 Å². The minimum absolute atomic E-state index is 0.0354. The fourth-order valence-electron chi connectivity index (χ4n) is 4.15. The van der Waals surface area contributed by atoms with Crippen LogP contribution in [0.1, 0.15) is 23.5 Å². The van der Waals surface area contributed by atoms with Crippen LogP contribution in [0.4, 0.5) is 11.4 Å². The van der Waals surface area contributed by atoms with Gasteiger partial charge in [0.15, 0.2) is 5.11 Å². The number of phenols is 1. The number of aromatic nitrogens is 2. The largest absolute Gasteiger partial charge is 0.508 e. The zero-order valence-electron chi connectivity index (χ0n) is 17.3. The number of nitro groups is 1. The van der Waals surface area contributed by atoms with Crippen LogP contribution in [0.25, 0.3) is 5.69 Å². The van der Waals surface area contributed by atoms with Gasteiger partial charge in [0.2, 0.25) is 0 Å². The summed E-state index contributed by atoms with van der Waals surface area (Å²) in [6, 6.07) is 22.5. The number of aromatic hydroxyl groups is 1. The summed E-state index contributed by atoms with van der Waals surface area (Å²) in [6.45, 7) is 0. The standard InChI is InChI=1S/C24H19N5O3S/c30-19-12-10-17(11-13-19)28-23(22(26-24(28)33)20-4-1-2-14-25-20)21-5-3-15-27(21)16-6-8-18(9-7-16)29(31)32/h1-15,22-23,30H,(H,26,33)/t22-,23-/m1/s1. The molecular formula is C24H19N5O3S. The van der Waals surface area contributed by atoms with Crippen molar-refractivity contribution in [3.05, 3.63) is 113 Å². The maximum absolute atomic E-state index is 11.1. The third kappa shape index (κ3) is 3.79. The minimum Gasteiger partial charge on any atom is -0.508 e. The van der Waals surface area contributed by atoms with Crippen molar-refractivity contribution in [2.24, 2.45) is 0 Å². The minimum atomic E-state index is -0.413. The fourth-order valence-corrected chi connectivity index (χ4v) is 4.50. The molecule has 164 valence electrons. The first-order valence-electron chi connectivity index (χ1n) is 10.2. The summed E-state index contributed by atoms with van der Waals surface area (Å²) in [5.74, 6) is 0.170. The van der Waals surface area contributed by atoms with Gasteiger partial charge in [0, 0.05) is 41.6 Å². The monoisotopic (exact) mass is 457 g/mol. The number of anilines is 1. The van der Waals surface area contributed by atoms with Crippen LogP contribution < -0.4 is 10.2 Å². The Labute approximate surface area is 194 Å². The molecule has 0 aliphatic carbocycles. The van der Waals surface area contributed by atoms with E-state index >= 15 is 0 Å². The van der Waals surface area contributed by atoms with Gasteiger partial charge >= 0.3 is 0 Å². The Hall–Kier alpha value is -4.24. The molecule has 0 amide bonds. The highest BCUT2D eigenvalue weighted by Gasteiger charge is 2.42. The lowest BCUT2D eigenvalue weighted by Crippen LogP contribution is -2.30. The van der Waals surface area contributed by atoms with Crippen molar-refractivity contribution in [2.75, 3.05) is 4.90 Å². The molecule has 0 bridgehead atoms. The molecule has 1 saturated heterocycles. The molecule has 4 aromatic rings. The van der Waals surface area contributed by atoms with Gasteiger partial charge < -0.3 is 19.9 Å². The quantitative estimate of drug-likeness (QED) is 0.256. The number of phenolic OH excluding ortho intramolecular Hbond substituents is 1. The number of hydrogen-bond donors (Lipinski definition) is 2. The predicted octanol–water partition coefficient (Wildman–Crippen LogP) is 4.66. The van der Waals surface area contributed by atoms with E-state index in [4.69, 9.17) is 12.2 Å². The van der Waals surface area contributed by atoms with E-state index in [2.05, 4.69) is 10.3 Å². The van der Waals surface area contributed by atoms with Crippen molar-refractivity contribution < 1.29 is 10.0 Å². The molecule has 33 heavy (non-hydrogen) atoms. The zero-order valence-corrected chi connectivity index (χ0v) is 18.1. The van der Waals surface area contributed by atoms with Crippen molar-refractivity contribution in [3.63, 3.8) is 0 Å². The molecule has 1 aliphatic rings. The van der Waals surface area contributed by atoms with E-state index in [-0.39, 0.29) is 23.5 Å². The molecule has 5 rings (SSSR count). The van der Waals surface area contributed by atoms with Gasteiger partial charge in [0.25, 0.3) is 5.69 Å². The second-order valence-electron chi connectivity index (χ2n) is 7.59. The summed E-state index contributed by atoms with van der Waals surface area (Å²) >= 11 is 5.73. The molecule has 1 aliphatic heterocycles. The summed E-state index contributed by atoms with van der Waals surface area (Å²) in [5.41, 5.74) is 3.42. The first-order valence-corrected chi connectivity index (χ1v) is 10.7. The third-order valence-corrected chi connectivity index (χ3v) is 5.96. The molecule has 0 saturated carbocycles. The van der Waals surface area contributed by atoms with E-state index in [1.54, 1.807) is 30.5 Å². The van der Waals surface area contributed by atoms with Crippen molar-refractivity contribution in [1.82, 2.24) is 14.9 Å². The van der Waals surface area contributed by atoms with Gasteiger partial charge in [0.1, 0.15) is 11.8 Å². The number of thiocarbonyl (C=S) groups is 1. The Morgan fingerprint density at radius 2 is 1.70 bits per heavy atom. The second-order valence-corrected chi connectivity index (χ2v) is 7.98. The van der Waals surface area contributed by atoms with Crippen molar-refractivity contribution in [1.29, 1.82) is 0 Å². The van der Waals surface area contributed by atoms with Crippen LogP contribution in [0.3, 0.4) is 0 Å². The highest BCUT2D eigenvalue weighted by atomic mass is 32.1. The molecule has 3 heterocycles. The summed E-state index contributed by atoms with van der Waals surface area (Å²) < 4.78 is 1.99. The average molecular weight is 458 g/mol. The molecule has 1 fully saturated rings. The van der Waals surface area contributed by atoms with Gasteiger partial charge in [0.05, 0.1) is 16.7 Å². The summed E-state index contributed by atoms with van der Waals surface area (Å²) in [7, 11) is 0. The maximum Gasteiger partial charge on any atom is 0.269 e. The molecule has 9 heteroatoms. The predicted molar refractivity (Wildman–Crippen MR) is 128 cm³/mol. The van der Waals surface area contributed by atoms with Crippen LogP contribution in [0.15, 0.2) is 91.3 Å². The molecule has 2 atom stereocenters. The van der Waals surface area contributed by atoms with E-state index in [9.17, 15) is 15.2 Å². The molecule has 2 aromatic heterocycles. The molecule has 8 nitrogen and oxygen atoms in total. The molecule has 0 spiro atoms. The maximum atomic E-state index is 11.1. The van der Waals surface area contributed by atoms with Crippen LogP contribution in [0, 0.1) is 10.1 Å². The number of hydrogen-bond acceptors (Lipinski definition) is 5. The van der Waals surface area contributed by atoms with Gasteiger partial charge in [-0.2, -0.15) is 0 Å². The van der Waals surface area contributed by atoms with E-state index in [1.165, 1.54) is 12.1 Å². The van der Waals surface area contributed by atoms with Gasteiger partial charge in [-0.25, -0.2) is 0 Å². The Kier molecular flexibility index (Phi) is 5.23. The number of non-ortho nitro benzene ring substituents is 1. The SMILES string of the molecule is O=[N+]([O-])c1ccc(-n2cccc2[C@@H]2[C@@H](c3ccccn3)NC(=S)N2c2ccc(O)cc2)cc1. The highest BCUT2D eigenvalue weighted by Crippen LogP contribution is 2.42. The smallest absolute Gasteiger partial charge is 0.269 e. The van der Waals surface area contributed by atoms with Crippen molar-refractivity contribution in [3.8, 4) is 11.4 Å². The molecular weight excluding hydrogens is 438 g/mol. The first kappa shape index (κ1) is 20.7. The molecule has 0 unspecified atom stereocenters. The summed E-state index contributed by atoms with van der Waals surface area (Å²) in [6.07, 6.45) is 3.66. The summed E-state index contributed by atoms with van der Waals surface area (Å²) in [4.78, 5) is 17.2. The Bertz CT molecular complexity index is 1310. The topological polar surface area (TPSA) is 96.5 Å². The Balaban J connectivity index is 1.63. The van der Waals surface area contributed by atoms with Gasteiger partial charge in [-0.3, -0.25) is 15.1 Å². The first-order chi connectivity index (χ1) is 16.0. The number of nitrogens with one attached hydrogen (secondary N) is 1. The number of benzene rings is 2. The lowest BCUT2D eigenvalue weighted by Gasteiger charge is -2.29. The van der Waals surface area contributed by atoms with Gasteiger partial charge in [-0.1, -0.05) is 6.07 Å². The van der Waals surface area contributed by atoms with E-state index in [0.29, 0.717) is 5.11 Å². The van der Waals surface area contributed by atoms with Crippen molar-refractivity contribution in [2.45, 2.75) is 12.1 Å². The number of rotatable bonds is 5. The van der Waals surface area contributed by atoms with E-state index < -0.39 is 4.92 Å². The number of nitro benzene ring substituents is 1. The van der Waals surface area contributed by atoms with Crippen LogP contribution in [-0.2, 0) is 0 Å². The fraction of sp³-hybridized carbons (Fsp3) is 0.0833. The van der Waals surface area contributed by atoms with Crippen LogP contribution in [-0.4, -0.2) is 24.7 Å². The number of pyridine rings is 1. The number of nitrogens with zero attached hydrogens (tertiary/aromatic N) is 4. The van der Waals surface area contributed by atoms with Crippen LogP contribution >= 0.6 is 12.2 Å². The molecule has 2 N–H and O–H groups in total.